The molecule has 7 heteroatoms. The normalized spacial score (nSPS) is 11.5. The van der Waals surface area contributed by atoms with Crippen LogP contribution in [0.4, 0.5) is 17.2 Å². The van der Waals surface area contributed by atoms with Gasteiger partial charge < -0.3 is 21.1 Å². The molecule has 1 atom stereocenters. The minimum atomic E-state index is -1.05. The summed E-state index contributed by atoms with van der Waals surface area (Å²) in [5.74, 6) is -0.901. The van der Waals surface area contributed by atoms with Crippen molar-refractivity contribution in [2.75, 3.05) is 17.7 Å². The highest BCUT2D eigenvalue weighted by molar-refractivity contribution is 5.96. The molecule has 1 heterocycles. The molecule has 2 aromatic rings. The van der Waals surface area contributed by atoms with Gasteiger partial charge in [0.05, 0.1) is 11.9 Å². The molecule has 26 heavy (non-hydrogen) atoms. The summed E-state index contributed by atoms with van der Waals surface area (Å²) in [6.07, 6.45) is 2.43. The number of rotatable bonds is 7. The number of pyridine rings is 1. The number of nitrogens with zero attached hydrogens (tertiary/aromatic N) is 1. The lowest BCUT2D eigenvalue weighted by Gasteiger charge is -2.16. The van der Waals surface area contributed by atoms with Crippen molar-refractivity contribution < 1.29 is 14.7 Å². The van der Waals surface area contributed by atoms with Gasteiger partial charge in [0.15, 0.2) is 0 Å². The minimum Gasteiger partial charge on any atom is -0.478 e. The number of amides is 1. The van der Waals surface area contributed by atoms with Gasteiger partial charge in [0.25, 0.3) is 5.91 Å². The first-order valence-electron chi connectivity index (χ1n) is 8.45. The van der Waals surface area contributed by atoms with Crippen LogP contribution >= 0.6 is 0 Å². The molecule has 1 aromatic heterocycles. The smallest absolute Gasteiger partial charge is 0.339 e. The maximum absolute atomic E-state index is 11.8. The summed E-state index contributed by atoms with van der Waals surface area (Å²) < 4.78 is 0. The highest BCUT2D eigenvalue weighted by Crippen LogP contribution is 2.25. The predicted octanol–water partition coefficient (Wildman–Crippen LogP) is 3.40. The molecule has 0 fully saturated rings. The number of nitrogens with one attached hydrogen (secondary N) is 3. The Bertz CT molecular complexity index is 820. The lowest BCUT2D eigenvalue weighted by Crippen LogP contribution is -2.18. The van der Waals surface area contributed by atoms with Crippen molar-refractivity contribution in [2.24, 2.45) is 0 Å². The van der Waals surface area contributed by atoms with Gasteiger partial charge in [-0.1, -0.05) is 13.0 Å². The first-order valence-corrected chi connectivity index (χ1v) is 8.45. The van der Waals surface area contributed by atoms with Crippen LogP contribution in [0.1, 0.15) is 46.5 Å². The van der Waals surface area contributed by atoms with Crippen LogP contribution in [-0.4, -0.2) is 35.1 Å². The lowest BCUT2D eigenvalue weighted by molar-refractivity contribution is 0.0697. The molecule has 1 unspecified atom stereocenters. The molecule has 0 saturated carbocycles. The number of carboxylic acids is 1. The molecule has 0 aliphatic carbocycles. The number of aromatic nitrogens is 1. The van der Waals surface area contributed by atoms with E-state index in [-0.39, 0.29) is 17.5 Å². The second kappa shape index (κ2) is 8.33. The molecule has 0 bridgehead atoms. The number of aryl methyl sites for hydroxylation is 1. The fourth-order valence-electron chi connectivity index (χ4n) is 2.34. The summed E-state index contributed by atoms with van der Waals surface area (Å²) in [4.78, 5) is 27.6. The highest BCUT2D eigenvalue weighted by atomic mass is 16.4. The number of carbonyl (C=O) groups is 2. The van der Waals surface area contributed by atoms with Crippen molar-refractivity contribution in [2.45, 2.75) is 33.2 Å². The molecular formula is C19H24N4O3. The molecule has 7 nitrogen and oxygen atoms in total. The van der Waals surface area contributed by atoms with Crippen molar-refractivity contribution in [1.29, 1.82) is 0 Å². The van der Waals surface area contributed by atoms with Gasteiger partial charge in [-0.25, -0.2) is 9.78 Å². The van der Waals surface area contributed by atoms with Crippen molar-refractivity contribution in [3.63, 3.8) is 0 Å². The number of carboxylic acid groups (broad SMARTS) is 1. The Labute approximate surface area is 152 Å². The van der Waals surface area contributed by atoms with Crippen LogP contribution in [0.3, 0.4) is 0 Å². The summed E-state index contributed by atoms with van der Waals surface area (Å²) >= 11 is 0. The van der Waals surface area contributed by atoms with Crippen molar-refractivity contribution in [3.8, 4) is 0 Å². The molecule has 1 amide bonds. The Morgan fingerprint density at radius 3 is 2.62 bits per heavy atom. The molecule has 0 aliphatic heterocycles. The van der Waals surface area contributed by atoms with Gasteiger partial charge in [0.2, 0.25) is 0 Å². The fraction of sp³-hybridized carbons (Fsp3) is 0.316. The summed E-state index contributed by atoms with van der Waals surface area (Å²) in [6, 6.07) is 6.94. The predicted molar refractivity (Wildman–Crippen MR) is 102 cm³/mol. The Kier molecular flexibility index (Phi) is 6.16. The van der Waals surface area contributed by atoms with E-state index in [0.29, 0.717) is 22.8 Å². The molecule has 0 radical (unpaired) electrons. The minimum absolute atomic E-state index is 0.0930. The van der Waals surface area contributed by atoms with Crippen LogP contribution in [0.5, 0.6) is 0 Å². The largest absolute Gasteiger partial charge is 0.478 e. The number of benzene rings is 1. The van der Waals surface area contributed by atoms with Gasteiger partial charge in [-0.15, -0.1) is 0 Å². The van der Waals surface area contributed by atoms with E-state index in [1.54, 1.807) is 25.4 Å². The Morgan fingerprint density at radius 1 is 1.27 bits per heavy atom. The van der Waals surface area contributed by atoms with Crippen LogP contribution in [0.25, 0.3) is 0 Å². The average molecular weight is 356 g/mol. The number of hydrogen-bond donors (Lipinski definition) is 4. The fourth-order valence-corrected chi connectivity index (χ4v) is 2.34. The van der Waals surface area contributed by atoms with Gasteiger partial charge in [0, 0.05) is 24.3 Å². The first-order chi connectivity index (χ1) is 12.3. The third-order valence-electron chi connectivity index (χ3n) is 4.12. The standard InChI is InChI=1S/C19H24N4O3/c1-5-12(3)22-17-15(19(25)26)9-14(10-21-17)23-16-8-13(18(24)20-4)7-6-11(16)2/h6-10,12,23H,5H2,1-4H3,(H,20,24)(H,21,22)(H,25,26). The third kappa shape index (κ3) is 4.50. The van der Waals surface area contributed by atoms with Crippen molar-refractivity contribution in [1.82, 2.24) is 10.3 Å². The van der Waals surface area contributed by atoms with E-state index in [1.807, 2.05) is 26.8 Å². The van der Waals surface area contributed by atoms with E-state index < -0.39 is 5.97 Å². The van der Waals surface area contributed by atoms with E-state index in [9.17, 15) is 14.7 Å². The third-order valence-corrected chi connectivity index (χ3v) is 4.12. The van der Waals surface area contributed by atoms with E-state index in [2.05, 4.69) is 20.9 Å². The van der Waals surface area contributed by atoms with Gasteiger partial charge in [-0.2, -0.15) is 0 Å². The Hall–Kier alpha value is -3.09. The summed E-state index contributed by atoms with van der Waals surface area (Å²) in [7, 11) is 1.57. The van der Waals surface area contributed by atoms with Crippen molar-refractivity contribution >= 4 is 29.1 Å². The van der Waals surface area contributed by atoms with E-state index in [4.69, 9.17) is 0 Å². The lowest BCUT2D eigenvalue weighted by atomic mass is 10.1. The molecule has 0 spiro atoms. The van der Waals surface area contributed by atoms with Crippen LogP contribution in [-0.2, 0) is 0 Å². The summed E-state index contributed by atoms with van der Waals surface area (Å²) in [5, 5.41) is 18.3. The quantitative estimate of drug-likeness (QED) is 0.606. The maximum atomic E-state index is 11.8. The zero-order chi connectivity index (χ0) is 19.3. The second-order valence-corrected chi connectivity index (χ2v) is 6.11. The van der Waals surface area contributed by atoms with Crippen LogP contribution in [0.15, 0.2) is 30.5 Å². The van der Waals surface area contributed by atoms with Gasteiger partial charge >= 0.3 is 5.97 Å². The number of aromatic carboxylic acids is 1. The Balaban J connectivity index is 2.34. The Morgan fingerprint density at radius 2 is 2.00 bits per heavy atom. The SMILES string of the molecule is CCC(C)Nc1ncc(Nc2cc(C(=O)NC)ccc2C)cc1C(=O)O. The van der Waals surface area contributed by atoms with E-state index in [0.717, 1.165) is 12.0 Å². The molecule has 2 rings (SSSR count). The van der Waals surface area contributed by atoms with Crippen LogP contribution in [0, 0.1) is 6.92 Å². The van der Waals surface area contributed by atoms with Crippen molar-refractivity contribution in [3.05, 3.63) is 47.2 Å². The second-order valence-electron chi connectivity index (χ2n) is 6.11. The zero-order valence-electron chi connectivity index (χ0n) is 15.4. The molecule has 138 valence electrons. The zero-order valence-corrected chi connectivity index (χ0v) is 15.4. The van der Waals surface area contributed by atoms with Gasteiger partial charge in [0.1, 0.15) is 11.4 Å². The monoisotopic (exact) mass is 356 g/mol. The van der Waals surface area contributed by atoms with Gasteiger partial charge in [-0.05, 0) is 44.0 Å². The molecular weight excluding hydrogens is 332 g/mol. The van der Waals surface area contributed by atoms with Crippen LogP contribution < -0.4 is 16.0 Å². The molecule has 0 aliphatic rings. The summed E-state index contributed by atoms with van der Waals surface area (Å²) in [6.45, 7) is 5.88. The summed E-state index contributed by atoms with van der Waals surface area (Å²) in [5.41, 5.74) is 2.79. The molecule has 4 N–H and O–H groups in total. The topological polar surface area (TPSA) is 103 Å². The maximum Gasteiger partial charge on any atom is 0.339 e. The highest BCUT2D eigenvalue weighted by Gasteiger charge is 2.15. The molecule has 1 aromatic carbocycles. The first kappa shape index (κ1) is 19.2. The van der Waals surface area contributed by atoms with Gasteiger partial charge in [-0.3, -0.25) is 4.79 Å². The van der Waals surface area contributed by atoms with E-state index >= 15 is 0 Å². The molecule has 0 saturated heterocycles. The number of hydrogen-bond acceptors (Lipinski definition) is 5. The van der Waals surface area contributed by atoms with Crippen LogP contribution in [0.2, 0.25) is 0 Å². The number of anilines is 3. The van der Waals surface area contributed by atoms with E-state index in [1.165, 1.54) is 6.07 Å². The average Bonchev–Trinajstić information content (AvgIpc) is 2.63. The number of carbonyl (C=O) groups excluding carboxylic acids is 1.